The molecule has 3 aromatic rings. The Morgan fingerprint density at radius 1 is 1.07 bits per heavy atom. The quantitative estimate of drug-likeness (QED) is 0.699. The standard InChI is InChI=1S/C20H16F2N2O2S/c1-24(12-14-4-7-15(21)11-17(14)22)20(26)13-5-8-16(9-6-13)23-19(25)18-3-2-10-27-18/h2-11H,12H2,1H3,(H,23,25). The Morgan fingerprint density at radius 2 is 1.81 bits per heavy atom. The number of hydrogen-bond donors (Lipinski definition) is 1. The molecule has 1 N–H and O–H groups in total. The van der Waals surface area contributed by atoms with Gasteiger partial charge in [0.05, 0.1) is 4.88 Å². The van der Waals surface area contributed by atoms with E-state index < -0.39 is 11.6 Å². The smallest absolute Gasteiger partial charge is 0.265 e. The van der Waals surface area contributed by atoms with Crippen LogP contribution in [0.4, 0.5) is 14.5 Å². The molecule has 4 nitrogen and oxygen atoms in total. The first-order valence-corrected chi connectivity index (χ1v) is 8.96. The van der Waals surface area contributed by atoms with Crippen molar-refractivity contribution in [2.45, 2.75) is 6.54 Å². The van der Waals surface area contributed by atoms with Gasteiger partial charge in [-0.1, -0.05) is 12.1 Å². The number of carbonyl (C=O) groups excluding carboxylic acids is 2. The Labute approximate surface area is 159 Å². The highest BCUT2D eigenvalue weighted by Gasteiger charge is 2.15. The maximum Gasteiger partial charge on any atom is 0.265 e. The molecule has 0 saturated heterocycles. The van der Waals surface area contributed by atoms with Crippen molar-refractivity contribution in [2.24, 2.45) is 0 Å². The van der Waals surface area contributed by atoms with Crippen LogP contribution in [-0.2, 0) is 6.54 Å². The lowest BCUT2D eigenvalue weighted by atomic mass is 10.1. The van der Waals surface area contributed by atoms with Crippen molar-refractivity contribution in [1.29, 1.82) is 0 Å². The summed E-state index contributed by atoms with van der Waals surface area (Å²) in [7, 11) is 1.54. The minimum absolute atomic E-state index is 0.0157. The van der Waals surface area contributed by atoms with Gasteiger partial charge in [0.2, 0.25) is 0 Å². The van der Waals surface area contributed by atoms with Gasteiger partial charge in [-0.15, -0.1) is 11.3 Å². The maximum absolute atomic E-state index is 13.8. The number of halogens is 2. The van der Waals surface area contributed by atoms with Gasteiger partial charge >= 0.3 is 0 Å². The van der Waals surface area contributed by atoms with Gasteiger partial charge < -0.3 is 10.2 Å². The second-order valence-corrected chi connectivity index (χ2v) is 6.85. The van der Waals surface area contributed by atoms with Crippen molar-refractivity contribution in [3.63, 3.8) is 0 Å². The van der Waals surface area contributed by atoms with E-state index in [0.717, 1.165) is 12.1 Å². The van der Waals surface area contributed by atoms with Crippen molar-refractivity contribution in [3.05, 3.63) is 87.6 Å². The van der Waals surface area contributed by atoms with E-state index in [0.29, 0.717) is 16.1 Å². The van der Waals surface area contributed by atoms with Crippen LogP contribution < -0.4 is 5.32 Å². The molecule has 2 amide bonds. The fourth-order valence-corrected chi connectivity index (χ4v) is 3.11. The second kappa shape index (κ2) is 8.09. The summed E-state index contributed by atoms with van der Waals surface area (Å²) in [6.45, 7) is 0.0157. The van der Waals surface area contributed by atoms with Crippen molar-refractivity contribution < 1.29 is 18.4 Å². The Balaban J connectivity index is 1.65. The monoisotopic (exact) mass is 386 g/mol. The summed E-state index contributed by atoms with van der Waals surface area (Å²) in [6, 6.07) is 13.2. The number of nitrogens with one attached hydrogen (secondary N) is 1. The zero-order valence-corrected chi connectivity index (χ0v) is 15.2. The van der Waals surface area contributed by atoms with E-state index in [-0.39, 0.29) is 23.9 Å². The zero-order chi connectivity index (χ0) is 19.4. The third-order valence-corrected chi connectivity index (χ3v) is 4.77. The summed E-state index contributed by atoms with van der Waals surface area (Å²) in [5, 5.41) is 4.57. The molecule has 1 heterocycles. The molecular weight excluding hydrogens is 370 g/mol. The molecule has 0 aliphatic heterocycles. The molecule has 27 heavy (non-hydrogen) atoms. The molecule has 138 valence electrons. The van der Waals surface area contributed by atoms with E-state index in [1.165, 1.54) is 29.4 Å². The highest BCUT2D eigenvalue weighted by atomic mass is 32.1. The van der Waals surface area contributed by atoms with Crippen molar-refractivity contribution in [1.82, 2.24) is 4.90 Å². The summed E-state index contributed by atoms with van der Waals surface area (Å²) in [5.74, 6) is -1.88. The lowest BCUT2D eigenvalue weighted by molar-refractivity contribution is 0.0783. The lowest BCUT2D eigenvalue weighted by Crippen LogP contribution is -2.26. The zero-order valence-electron chi connectivity index (χ0n) is 14.4. The fraction of sp³-hybridized carbons (Fsp3) is 0.100. The van der Waals surface area contributed by atoms with Crippen LogP contribution in [0.5, 0.6) is 0 Å². The number of thiophene rings is 1. The van der Waals surface area contributed by atoms with E-state index in [4.69, 9.17) is 0 Å². The topological polar surface area (TPSA) is 49.4 Å². The predicted molar refractivity (Wildman–Crippen MR) is 101 cm³/mol. The largest absolute Gasteiger partial charge is 0.337 e. The van der Waals surface area contributed by atoms with Crippen LogP contribution in [0.2, 0.25) is 0 Å². The molecule has 0 spiro atoms. The summed E-state index contributed by atoms with van der Waals surface area (Å²) in [6.07, 6.45) is 0. The van der Waals surface area contributed by atoms with Crippen molar-refractivity contribution in [2.75, 3.05) is 12.4 Å². The molecule has 0 saturated carbocycles. The Bertz CT molecular complexity index is 957. The first-order chi connectivity index (χ1) is 12.9. The molecule has 0 radical (unpaired) electrons. The number of amides is 2. The van der Waals surface area contributed by atoms with Gasteiger partial charge in [-0.25, -0.2) is 8.78 Å². The van der Waals surface area contributed by atoms with Crippen LogP contribution >= 0.6 is 11.3 Å². The number of anilines is 1. The van der Waals surface area contributed by atoms with Crippen LogP contribution in [0.25, 0.3) is 0 Å². The van der Waals surface area contributed by atoms with Crippen LogP contribution in [0.3, 0.4) is 0 Å². The van der Waals surface area contributed by atoms with Gasteiger partial charge in [0.25, 0.3) is 11.8 Å². The minimum atomic E-state index is -0.693. The molecule has 1 aromatic heterocycles. The van der Waals surface area contributed by atoms with Crippen molar-refractivity contribution in [3.8, 4) is 0 Å². The molecular formula is C20H16F2N2O2S. The number of benzene rings is 2. The van der Waals surface area contributed by atoms with Crippen molar-refractivity contribution >= 4 is 28.8 Å². The average Bonchev–Trinajstić information content (AvgIpc) is 3.19. The van der Waals surface area contributed by atoms with Crippen LogP contribution in [-0.4, -0.2) is 23.8 Å². The second-order valence-electron chi connectivity index (χ2n) is 5.91. The van der Waals surface area contributed by atoms with Crippen LogP contribution in [0.15, 0.2) is 60.0 Å². The van der Waals surface area contributed by atoms with E-state index in [1.807, 2.05) is 5.38 Å². The van der Waals surface area contributed by atoms with Gasteiger partial charge in [0.1, 0.15) is 11.6 Å². The highest BCUT2D eigenvalue weighted by molar-refractivity contribution is 7.12. The number of nitrogens with zero attached hydrogens (tertiary/aromatic N) is 1. The normalized spacial score (nSPS) is 10.5. The van der Waals surface area contributed by atoms with Crippen LogP contribution in [0, 0.1) is 11.6 Å². The average molecular weight is 386 g/mol. The highest BCUT2D eigenvalue weighted by Crippen LogP contribution is 2.17. The summed E-state index contributed by atoms with van der Waals surface area (Å²) < 4.78 is 26.7. The minimum Gasteiger partial charge on any atom is -0.337 e. The van der Waals surface area contributed by atoms with E-state index in [1.54, 1.807) is 36.4 Å². The Kier molecular flexibility index (Phi) is 5.61. The first-order valence-electron chi connectivity index (χ1n) is 8.08. The number of carbonyl (C=O) groups is 2. The first kappa shape index (κ1) is 18.7. The van der Waals surface area contributed by atoms with Gasteiger partial charge in [0, 0.05) is 36.5 Å². The molecule has 0 aliphatic rings. The maximum atomic E-state index is 13.8. The molecule has 7 heteroatoms. The third-order valence-electron chi connectivity index (χ3n) is 3.90. The lowest BCUT2D eigenvalue weighted by Gasteiger charge is -2.18. The van der Waals surface area contributed by atoms with E-state index in [2.05, 4.69) is 5.32 Å². The van der Waals surface area contributed by atoms with E-state index in [9.17, 15) is 18.4 Å². The number of hydrogen-bond acceptors (Lipinski definition) is 3. The molecule has 0 aliphatic carbocycles. The molecule has 0 bridgehead atoms. The summed E-state index contributed by atoms with van der Waals surface area (Å²) >= 11 is 1.34. The Hall–Kier alpha value is -3.06. The summed E-state index contributed by atoms with van der Waals surface area (Å²) in [4.78, 5) is 26.5. The van der Waals surface area contributed by atoms with E-state index >= 15 is 0 Å². The summed E-state index contributed by atoms with van der Waals surface area (Å²) in [5.41, 5.74) is 1.19. The van der Waals surface area contributed by atoms with Gasteiger partial charge in [0.15, 0.2) is 0 Å². The third kappa shape index (κ3) is 4.57. The Morgan fingerprint density at radius 3 is 2.44 bits per heavy atom. The molecule has 2 aromatic carbocycles. The molecule has 3 rings (SSSR count). The van der Waals surface area contributed by atoms with Gasteiger partial charge in [-0.2, -0.15) is 0 Å². The predicted octanol–water partition coefficient (Wildman–Crippen LogP) is 4.55. The number of rotatable bonds is 5. The molecule has 0 fully saturated rings. The van der Waals surface area contributed by atoms with Crippen LogP contribution in [0.1, 0.15) is 25.6 Å². The molecule has 0 unspecified atom stereocenters. The van der Waals surface area contributed by atoms with Gasteiger partial charge in [-0.05, 0) is 41.8 Å². The molecule has 0 atom stereocenters. The van der Waals surface area contributed by atoms with Gasteiger partial charge in [-0.3, -0.25) is 9.59 Å². The fourth-order valence-electron chi connectivity index (χ4n) is 2.49. The SMILES string of the molecule is CN(Cc1ccc(F)cc1F)C(=O)c1ccc(NC(=O)c2cccs2)cc1.